The Bertz CT molecular complexity index is 527. The summed E-state index contributed by atoms with van der Waals surface area (Å²) in [5.74, 6) is 0.889. The van der Waals surface area contributed by atoms with Crippen molar-refractivity contribution < 1.29 is 13.3 Å². The average Bonchev–Trinajstić information content (AvgIpc) is 2.33. The largest absolute Gasteiger partial charge is 0.367 e. The Morgan fingerprint density at radius 3 is 2.50 bits per heavy atom. The van der Waals surface area contributed by atoms with Gasteiger partial charge >= 0.3 is 0 Å². The van der Waals surface area contributed by atoms with Gasteiger partial charge in [0.25, 0.3) is 5.69 Å². The Hall–Kier alpha value is -1.70. The van der Waals surface area contributed by atoms with Crippen molar-refractivity contribution in [3.05, 3.63) is 28.4 Å². The molecule has 1 aromatic heterocycles. The van der Waals surface area contributed by atoms with E-state index in [-0.39, 0.29) is 23.2 Å². The summed E-state index contributed by atoms with van der Waals surface area (Å²) in [6.07, 6.45) is 2.27. The number of nitrogens with zero attached hydrogens (tertiary/aromatic N) is 2. The van der Waals surface area contributed by atoms with Gasteiger partial charge in [-0.3, -0.25) is 10.1 Å². The summed E-state index contributed by atoms with van der Waals surface area (Å²) in [4.78, 5) is 13.9. The van der Waals surface area contributed by atoms with Crippen LogP contribution in [0.1, 0.15) is 12.8 Å². The Kier molecular flexibility index (Phi) is 3.46. The molecule has 1 N–H and O–H groups in total. The molecule has 18 heavy (non-hydrogen) atoms. The Balaban J connectivity index is 1.96. The third-order valence-electron chi connectivity index (χ3n) is 2.87. The normalized spacial score (nSPS) is 19.3. The van der Waals surface area contributed by atoms with Gasteiger partial charge in [-0.1, -0.05) is 0 Å². The third-order valence-corrected chi connectivity index (χ3v) is 4.58. The van der Waals surface area contributed by atoms with E-state index >= 15 is 0 Å². The van der Waals surface area contributed by atoms with Gasteiger partial charge in [0.2, 0.25) is 0 Å². The van der Waals surface area contributed by atoms with E-state index < -0.39 is 14.8 Å². The zero-order valence-electron chi connectivity index (χ0n) is 9.57. The molecule has 1 fully saturated rings. The molecule has 7 nitrogen and oxygen atoms in total. The lowest BCUT2D eigenvalue weighted by atomic mass is 10.1. The minimum Gasteiger partial charge on any atom is -0.367 e. The number of nitrogens with one attached hydrogen (secondary N) is 1. The van der Waals surface area contributed by atoms with Gasteiger partial charge in [0.05, 0.1) is 16.4 Å². The van der Waals surface area contributed by atoms with Crippen LogP contribution in [0.25, 0.3) is 0 Å². The highest BCUT2D eigenvalue weighted by Gasteiger charge is 2.23. The van der Waals surface area contributed by atoms with Gasteiger partial charge in [-0.2, -0.15) is 0 Å². The van der Waals surface area contributed by atoms with Gasteiger partial charge in [-0.05, 0) is 18.9 Å². The number of sulfone groups is 1. The van der Waals surface area contributed by atoms with E-state index in [4.69, 9.17) is 0 Å². The highest BCUT2D eigenvalue weighted by molar-refractivity contribution is 7.91. The lowest BCUT2D eigenvalue weighted by molar-refractivity contribution is -0.385. The first-order valence-electron chi connectivity index (χ1n) is 5.54. The van der Waals surface area contributed by atoms with E-state index in [1.807, 2.05) is 0 Å². The predicted octanol–water partition coefficient (Wildman–Crippen LogP) is 0.979. The fraction of sp³-hybridized carbons (Fsp3) is 0.500. The molecule has 0 atom stereocenters. The van der Waals surface area contributed by atoms with Crippen LogP contribution in [-0.4, -0.2) is 35.9 Å². The number of pyridine rings is 1. The monoisotopic (exact) mass is 271 g/mol. The van der Waals surface area contributed by atoms with Crippen LogP contribution < -0.4 is 5.32 Å². The molecule has 0 radical (unpaired) electrons. The zero-order valence-corrected chi connectivity index (χ0v) is 10.4. The highest BCUT2D eigenvalue weighted by atomic mass is 32.2. The summed E-state index contributed by atoms with van der Waals surface area (Å²) >= 11 is 0. The second kappa shape index (κ2) is 4.89. The van der Waals surface area contributed by atoms with Crippen molar-refractivity contribution in [2.75, 3.05) is 16.8 Å². The van der Waals surface area contributed by atoms with Gasteiger partial charge in [0.1, 0.15) is 21.9 Å². The number of rotatable bonds is 3. The van der Waals surface area contributed by atoms with Gasteiger partial charge in [0, 0.05) is 12.1 Å². The van der Waals surface area contributed by atoms with Crippen LogP contribution in [-0.2, 0) is 9.84 Å². The van der Waals surface area contributed by atoms with Crippen molar-refractivity contribution in [2.45, 2.75) is 18.9 Å². The van der Waals surface area contributed by atoms with Gasteiger partial charge in [0.15, 0.2) is 0 Å². The van der Waals surface area contributed by atoms with E-state index in [1.54, 1.807) is 0 Å². The van der Waals surface area contributed by atoms with Crippen molar-refractivity contribution in [3.8, 4) is 0 Å². The molecule has 1 saturated heterocycles. The van der Waals surface area contributed by atoms with Crippen molar-refractivity contribution >= 4 is 21.3 Å². The zero-order chi connectivity index (χ0) is 13.2. The van der Waals surface area contributed by atoms with Crippen molar-refractivity contribution in [1.29, 1.82) is 0 Å². The molecule has 2 rings (SSSR count). The van der Waals surface area contributed by atoms with Crippen LogP contribution in [0.2, 0.25) is 0 Å². The first-order valence-corrected chi connectivity index (χ1v) is 7.36. The van der Waals surface area contributed by atoms with Crippen molar-refractivity contribution in [1.82, 2.24) is 4.98 Å². The van der Waals surface area contributed by atoms with Gasteiger partial charge < -0.3 is 5.32 Å². The summed E-state index contributed by atoms with van der Waals surface area (Å²) in [6.45, 7) is 0. The molecule has 0 bridgehead atoms. The second-order valence-corrected chi connectivity index (χ2v) is 6.53. The minimum atomic E-state index is -2.88. The number of hydrogen-bond acceptors (Lipinski definition) is 6. The lowest BCUT2D eigenvalue weighted by Crippen LogP contribution is -2.32. The first-order chi connectivity index (χ1) is 8.46. The maximum absolute atomic E-state index is 11.2. The fourth-order valence-electron chi connectivity index (χ4n) is 1.82. The summed E-state index contributed by atoms with van der Waals surface area (Å²) in [5, 5.41) is 13.5. The summed E-state index contributed by atoms with van der Waals surface area (Å²) in [6, 6.07) is 2.96. The number of hydrogen-bond donors (Lipinski definition) is 1. The Morgan fingerprint density at radius 2 is 2.00 bits per heavy atom. The SMILES string of the molecule is O=[N+]([O-])c1ccc(NC2CCS(=O)(=O)CC2)nc1. The summed E-state index contributed by atoms with van der Waals surface area (Å²) in [5.41, 5.74) is -0.0632. The van der Waals surface area contributed by atoms with Crippen LogP contribution in [0.15, 0.2) is 18.3 Å². The van der Waals surface area contributed by atoms with Gasteiger partial charge in [-0.25, -0.2) is 13.4 Å². The highest BCUT2D eigenvalue weighted by Crippen LogP contribution is 2.18. The summed E-state index contributed by atoms with van der Waals surface area (Å²) < 4.78 is 22.5. The molecule has 0 saturated carbocycles. The second-order valence-electron chi connectivity index (χ2n) is 4.23. The minimum absolute atomic E-state index is 0.0579. The van der Waals surface area contributed by atoms with Crippen molar-refractivity contribution in [3.63, 3.8) is 0 Å². The van der Waals surface area contributed by atoms with Crippen LogP contribution >= 0.6 is 0 Å². The fourth-order valence-corrected chi connectivity index (χ4v) is 3.31. The molecule has 1 aliphatic rings. The van der Waals surface area contributed by atoms with Crippen LogP contribution in [0, 0.1) is 10.1 Å². The standard InChI is InChI=1S/C10H13N3O4S/c14-13(15)9-1-2-10(11-7-9)12-8-3-5-18(16,17)6-4-8/h1-2,7-8H,3-6H2,(H,11,12). The first kappa shape index (κ1) is 12.7. The van der Waals surface area contributed by atoms with E-state index in [0.29, 0.717) is 18.7 Å². The lowest BCUT2D eigenvalue weighted by Gasteiger charge is -2.23. The molecule has 2 heterocycles. The molecule has 0 amide bonds. The maximum atomic E-state index is 11.2. The molecule has 98 valence electrons. The maximum Gasteiger partial charge on any atom is 0.287 e. The van der Waals surface area contributed by atoms with Gasteiger partial charge in [-0.15, -0.1) is 0 Å². The molecule has 0 unspecified atom stereocenters. The molecular weight excluding hydrogens is 258 g/mol. The van der Waals surface area contributed by atoms with Crippen LogP contribution in [0.4, 0.5) is 11.5 Å². The Morgan fingerprint density at radius 1 is 1.33 bits per heavy atom. The molecule has 0 aliphatic carbocycles. The molecule has 8 heteroatoms. The van der Waals surface area contributed by atoms with E-state index in [1.165, 1.54) is 18.3 Å². The van der Waals surface area contributed by atoms with E-state index in [2.05, 4.69) is 10.3 Å². The predicted molar refractivity (Wildman–Crippen MR) is 66.2 cm³/mol. The van der Waals surface area contributed by atoms with E-state index in [0.717, 1.165) is 0 Å². The molecule has 1 aliphatic heterocycles. The summed E-state index contributed by atoms with van der Waals surface area (Å²) in [7, 11) is -2.88. The quantitative estimate of drug-likeness (QED) is 0.649. The Labute approximate surface area is 104 Å². The average molecular weight is 271 g/mol. The third kappa shape index (κ3) is 3.16. The van der Waals surface area contributed by atoms with Crippen LogP contribution in [0.3, 0.4) is 0 Å². The molecule has 0 spiro atoms. The topological polar surface area (TPSA) is 102 Å². The molecular formula is C10H13N3O4S. The number of anilines is 1. The smallest absolute Gasteiger partial charge is 0.287 e. The molecule has 1 aromatic rings. The van der Waals surface area contributed by atoms with E-state index in [9.17, 15) is 18.5 Å². The molecule has 0 aromatic carbocycles. The van der Waals surface area contributed by atoms with Crippen molar-refractivity contribution in [2.24, 2.45) is 0 Å². The number of nitro groups is 1. The number of aromatic nitrogens is 1. The van der Waals surface area contributed by atoms with Crippen LogP contribution in [0.5, 0.6) is 0 Å².